The van der Waals surface area contributed by atoms with Crippen LogP contribution in [-0.4, -0.2) is 15.7 Å². The van der Waals surface area contributed by atoms with Crippen molar-refractivity contribution in [2.75, 3.05) is 0 Å². The molecule has 1 aromatic heterocycles. The normalized spacial score (nSPS) is 11.5. The van der Waals surface area contributed by atoms with Crippen molar-refractivity contribution in [3.63, 3.8) is 0 Å². The average Bonchev–Trinajstić information content (AvgIpc) is 2.93. The van der Waals surface area contributed by atoms with Gasteiger partial charge in [-0.25, -0.2) is 9.48 Å². The van der Waals surface area contributed by atoms with Crippen LogP contribution in [0.25, 0.3) is 0 Å². The highest BCUT2D eigenvalue weighted by Crippen LogP contribution is 2.40. The minimum Gasteiger partial charge on any atom is -0.403 e. The second-order valence-electron chi connectivity index (χ2n) is 7.98. The van der Waals surface area contributed by atoms with Crippen LogP contribution >= 0.6 is 11.8 Å². The van der Waals surface area contributed by atoms with E-state index in [1.165, 1.54) is 5.56 Å². The topological polar surface area (TPSA) is 44.1 Å². The number of aryl methyl sites for hydroxylation is 3. The molecule has 0 unspecified atom stereocenters. The fourth-order valence-corrected chi connectivity index (χ4v) is 3.71. The first-order chi connectivity index (χ1) is 13.1. The van der Waals surface area contributed by atoms with E-state index < -0.39 is 0 Å². The van der Waals surface area contributed by atoms with Crippen LogP contribution in [0.4, 0.5) is 0 Å². The molecule has 3 aromatic rings. The number of carbonyl (C=O) groups excluding carboxylic acids is 1. The number of hydrogen-bond donors (Lipinski definition) is 0. The number of aromatic nitrogens is 2. The summed E-state index contributed by atoms with van der Waals surface area (Å²) in [6.45, 7) is 12.1. The fourth-order valence-electron chi connectivity index (χ4n) is 2.80. The Bertz CT molecular complexity index is 998. The summed E-state index contributed by atoms with van der Waals surface area (Å²) in [5.74, 6) is 0.113. The molecule has 0 saturated carbocycles. The van der Waals surface area contributed by atoms with Gasteiger partial charge in [-0.15, -0.1) is 0 Å². The van der Waals surface area contributed by atoms with Gasteiger partial charge >= 0.3 is 5.97 Å². The second-order valence-corrected chi connectivity index (χ2v) is 9.06. The zero-order valence-electron chi connectivity index (χ0n) is 17.2. The zero-order valence-corrected chi connectivity index (χ0v) is 18.1. The number of benzene rings is 2. The number of nitrogens with zero attached hydrogens (tertiary/aromatic N) is 2. The molecule has 0 fully saturated rings. The molecule has 3 rings (SSSR count). The van der Waals surface area contributed by atoms with Crippen molar-refractivity contribution in [2.45, 2.75) is 56.9 Å². The highest BCUT2D eigenvalue weighted by molar-refractivity contribution is 7.99. The minimum absolute atomic E-state index is 0.320. The molecule has 0 bridgehead atoms. The van der Waals surface area contributed by atoms with E-state index in [4.69, 9.17) is 4.74 Å². The number of esters is 1. The predicted molar refractivity (Wildman–Crippen MR) is 113 cm³/mol. The Balaban J connectivity index is 2.01. The molecule has 5 heteroatoms. The standard InChI is InChI=1S/C23H26N2O2S/c1-15-10-12-19(13-11-15)28-20-17(3)24-25(23(4,5)6)21(20)27-22(26)18-9-7-8-16(2)14-18/h7-14H,1-6H3. The molecule has 0 atom stereocenters. The van der Waals surface area contributed by atoms with Crippen molar-refractivity contribution in [1.29, 1.82) is 0 Å². The van der Waals surface area contributed by atoms with Crippen molar-refractivity contribution >= 4 is 17.7 Å². The van der Waals surface area contributed by atoms with Gasteiger partial charge in [-0.1, -0.05) is 47.2 Å². The van der Waals surface area contributed by atoms with Crippen LogP contribution in [-0.2, 0) is 5.54 Å². The number of hydrogen-bond acceptors (Lipinski definition) is 4. The summed E-state index contributed by atoms with van der Waals surface area (Å²) in [7, 11) is 0. The molecule has 0 N–H and O–H groups in total. The molecular weight excluding hydrogens is 368 g/mol. The molecular formula is C23H26N2O2S. The Morgan fingerprint density at radius 2 is 1.68 bits per heavy atom. The van der Waals surface area contributed by atoms with Crippen LogP contribution < -0.4 is 4.74 Å². The SMILES string of the molecule is Cc1ccc(Sc2c(C)nn(C(C)(C)C)c2OC(=O)c2cccc(C)c2)cc1. The van der Waals surface area contributed by atoms with Crippen molar-refractivity contribution < 1.29 is 9.53 Å². The lowest BCUT2D eigenvalue weighted by Crippen LogP contribution is -2.25. The van der Waals surface area contributed by atoms with Gasteiger partial charge < -0.3 is 4.74 Å². The Kier molecular flexibility index (Phi) is 5.66. The Morgan fingerprint density at radius 1 is 1.00 bits per heavy atom. The van der Waals surface area contributed by atoms with Gasteiger partial charge in [-0.2, -0.15) is 5.10 Å². The third-order valence-corrected chi connectivity index (χ3v) is 5.47. The van der Waals surface area contributed by atoms with Crippen LogP contribution in [0.5, 0.6) is 5.88 Å². The highest BCUT2D eigenvalue weighted by atomic mass is 32.2. The smallest absolute Gasteiger partial charge is 0.344 e. The zero-order chi connectivity index (χ0) is 20.5. The summed E-state index contributed by atoms with van der Waals surface area (Å²) in [4.78, 5) is 14.8. The molecule has 0 spiro atoms. The van der Waals surface area contributed by atoms with E-state index in [0.717, 1.165) is 21.0 Å². The molecule has 0 aliphatic heterocycles. The van der Waals surface area contributed by atoms with Crippen molar-refractivity contribution in [1.82, 2.24) is 9.78 Å². The summed E-state index contributed by atoms with van der Waals surface area (Å²) in [5.41, 5.74) is 3.28. The van der Waals surface area contributed by atoms with E-state index in [2.05, 4.69) is 36.3 Å². The summed E-state index contributed by atoms with van der Waals surface area (Å²) in [6.07, 6.45) is 0. The van der Waals surface area contributed by atoms with Gasteiger partial charge in [-0.3, -0.25) is 0 Å². The maximum atomic E-state index is 12.8. The molecule has 0 saturated heterocycles. The maximum Gasteiger partial charge on any atom is 0.344 e. The van der Waals surface area contributed by atoms with Crippen LogP contribution in [0.1, 0.15) is 48.0 Å². The van der Waals surface area contributed by atoms with Gasteiger partial charge in [-0.05, 0) is 65.8 Å². The first-order valence-corrected chi connectivity index (χ1v) is 10.1. The van der Waals surface area contributed by atoms with E-state index in [1.54, 1.807) is 22.5 Å². The van der Waals surface area contributed by atoms with Gasteiger partial charge in [0, 0.05) is 4.90 Å². The average molecular weight is 395 g/mol. The monoisotopic (exact) mass is 394 g/mol. The van der Waals surface area contributed by atoms with E-state index in [0.29, 0.717) is 11.4 Å². The van der Waals surface area contributed by atoms with Crippen LogP contribution in [0.3, 0.4) is 0 Å². The summed E-state index contributed by atoms with van der Waals surface area (Å²) in [5, 5.41) is 4.68. The van der Waals surface area contributed by atoms with E-state index in [9.17, 15) is 4.79 Å². The van der Waals surface area contributed by atoms with Crippen LogP contribution in [0.2, 0.25) is 0 Å². The first-order valence-electron chi connectivity index (χ1n) is 9.28. The van der Waals surface area contributed by atoms with E-state index in [1.807, 2.05) is 52.8 Å². The van der Waals surface area contributed by atoms with Gasteiger partial charge in [0.05, 0.1) is 21.7 Å². The molecule has 0 aliphatic rings. The molecule has 1 heterocycles. The van der Waals surface area contributed by atoms with Crippen molar-refractivity contribution in [2.24, 2.45) is 0 Å². The van der Waals surface area contributed by atoms with E-state index >= 15 is 0 Å². The summed E-state index contributed by atoms with van der Waals surface area (Å²) in [6, 6.07) is 15.7. The fraction of sp³-hybridized carbons (Fsp3) is 0.304. The lowest BCUT2D eigenvalue weighted by atomic mass is 10.1. The van der Waals surface area contributed by atoms with Gasteiger partial charge in [0.15, 0.2) is 0 Å². The van der Waals surface area contributed by atoms with Crippen molar-refractivity contribution in [3.05, 3.63) is 70.9 Å². The third kappa shape index (κ3) is 4.47. The third-order valence-electron chi connectivity index (χ3n) is 4.28. The highest BCUT2D eigenvalue weighted by Gasteiger charge is 2.27. The predicted octanol–water partition coefficient (Wildman–Crippen LogP) is 5.93. The van der Waals surface area contributed by atoms with Crippen LogP contribution in [0, 0.1) is 20.8 Å². The molecule has 0 aliphatic carbocycles. The van der Waals surface area contributed by atoms with Crippen LogP contribution in [0.15, 0.2) is 58.3 Å². The lowest BCUT2D eigenvalue weighted by molar-refractivity contribution is 0.0704. The number of ether oxygens (including phenoxy) is 1. The Morgan fingerprint density at radius 3 is 2.29 bits per heavy atom. The molecule has 146 valence electrons. The molecule has 4 nitrogen and oxygen atoms in total. The second kappa shape index (κ2) is 7.84. The molecule has 28 heavy (non-hydrogen) atoms. The Hall–Kier alpha value is -2.53. The maximum absolute atomic E-state index is 12.8. The molecule has 0 amide bonds. The lowest BCUT2D eigenvalue weighted by Gasteiger charge is -2.22. The molecule has 0 radical (unpaired) electrons. The minimum atomic E-state index is -0.375. The molecule has 2 aromatic carbocycles. The first kappa shape index (κ1) is 20.2. The Labute approximate surface area is 170 Å². The number of carbonyl (C=O) groups is 1. The van der Waals surface area contributed by atoms with Crippen molar-refractivity contribution in [3.8, 4) is 5.88 Å². The number of rotatable bonds is 4. The summed E-state index contributed by atoms with van der Waals surface area (Å²) < 4.78 is 7.70. The van der Waals surface area contributed by atoms with Gasteiger partial charge in [0.1, 0.15) is 0 Å². The van der Waals surface area contributed by atoms with E-state index in [-0.39, 0.29) is 11.5 Å². The largest absolute Gasteiger partial charge is 0.403 e. The van der Waals surface area contributed by atoms with Gasteiger partial charge in [0.25, 0.3) is 0 Å². The quantitative estimate of drug-likeness (QED) is 0.514. The summed E-state index contributed by atoms with van der Waals surface area (Å²) >= 11 is 1.57. The van der Waals surface area contributed by atoms with Gasteiger partial charge in [0.2, 0.25) is 5.88 Å².